The van der Waals surface area contributed by atoms with Crippen LogP contribution in [-0.2, 0) is 4.79 Å². The summed E-state index contributed by atoms with van der Waals surface area (Å²) >= 11 is 0. The first-order chi connectivity index (χ1) is 13.3. The Bertz CT molecular complexity index is 491. The molecule has 1 aliphatic carbocycles. The van der Waals surface area contributed by atoms with Crippen LogP contribution < -0.4 is 5.32 Å². The van der Waals surface area contributed by atoms with Crippen molar-refractivity contribution in [3.05, 3.63) is 48.6 Å². The van der Waals surface area contributed by atoms with Gasteiger partial charge < -0.3 is 10.4 Å². The molecule has 0 radical (unpaired) electrons. The van der Waals surface area contributed by atoms with E-state index in [1.165, 1.54) is 25.7 Å². The average Bonchev–Trinajstić information content (AvgIpc) is 3.15. The summed E-state index contributed by atoms with van der Waals surface area (Å²) in [6.07, 6.45) is 29.1. The third-order valence-electron chi connectivity index (χ3n) is 4.95. The minimum atomic E-state index is 0.0130. The van der Waals surface area contributed by atoms with Gasteiger partial charge in [-0.25, -0.2) is 0 Å². The van der Waals surface area contributed by atoms with E-state index in [0.29, 0.717) is 12.5 Å². The number of aliphatic hydroxyl groups is 1. The van der Waals surface area contributed by atoms with Gasteiger partial charge in [0.05, 0.1) is 6.61 Å². The highest BCUT2D eigenvalue weighted by Crippen LogP contribution is 2.31. The van der Waals surface area contributed by atoms with E-state index in [1.807, 2.05) is 0 Å². The van der Waals surface area contributed by atoms with Gasteiger partial charge in [-0.3, -0.25) is 4.79 Å². The number of rotatable bonds is 14. The molecule has 3 heteroatoms. The molecule has 0 spiro atoms. The van der Waals surface area contributed by atoms with E-state index in [0.717, 1.165) is 38.5 Å². The van der Waals surface area contributed by atoms with Crippen molar-refractivity contribution in [1.82, 2.24) is 5.32 Å². The number of nitrogens with one attached hydrogen (secondary N) is 1. The smallest absolute Gasteiger partial charge is 0.223 e. The van der Waals surface area contributed by atoms with Crippen LogP contribution in [0.15, 0.2) is 48.6 Å². The SMILES string of the molecule is CCCCC/C=C\C/C=C\C/C=C\C/C=C\C1CC[C@@H](C(=O)NCCO)C1. The van der Waals surface area contributed by atoms with Crippen molar-refractivity contribution in [2.45, 2.75) is 71.1 Å². The first-order valence-electron chi connectivity index (χ1n) is 10.8. The molecule has 0 saturated heterocycles. The zero-order chi connectivity index (χ0) is 19.6. The summed E-state index contributed by atoms with van der Waals surface area (Å²) in [5.41, 5.74) is 0. The highest BCUT2D eigenvalue weighted by molar-refractivity contribution is 5.78. The predicted molar refractivity (Wildman–Crippen MR) is 115 cm³/mol. The van der Waals surface area contributed by atoms with Gasteiger partial charge >= 0.3 is 0 Å². The van der Waals surface area contributed by atoms with Gasteiger partial charge in [-0.15, -0.1) is 0 Å². The Balaban J connectivity index is 2.05. The van der Waals surface area contributed by atoms with Gasteiger partial charge in [0.15, 0.2) is 0 Å². The Morgan fingerprint density at radius 3 is 2.30 bits per heavy atom. The molecular formula is C24H39NO2. The standard InChI is InChI=1S/C24H39NO2/c1-2-3-4-5-6-7-8-9-10-11-12-13-14-15-16-22-17-18-23(21-22)24(27)25-19-20-26/h6-7,9-10,12-13,15-16,22-23,26H,2-5,8,11,14,17-21H2,1H3,(H,25,27)/b7-6-,10-9-,13-12-,16-15-/t22?,23-/m1/s1. The second-order valence-electron chi connectivity index (χ2n) is 7.33. The van der Waals surface area contributed by atoms with E-state index >= 15 is 0 Å². The molecule has 1 aliphatic rings. The molecule has 0 aliphatic heterocycles. The van der Waals surface area contributed by atoms with Crippen molar-refractivity contribution in [3.8, 4) is 0 Å². The minimum absolute atomic E-state index is 0.0130. The van der Waals surface area contributed by atoms with Crippen molar-refractivity contribution < 1.29 is 9.90 Å². The summed E-state index contributed by atoms with van der Waals surface area (Å²) < 4.78 is 0. The van der Waals surface area contributed by atoms with Gasteiger partial charge in [-0.2, -0.15) is 0 Å². The van der Waals surface area contributed by atoms with Gasteiger partial charge in [0, 0.05) is 12.5 Å². The molecule has 0 heterocycles. The number of amides is 1. The van der Waals surface area contributed by atoms with Gasteiger partial charge in [0.2, 0.25) is 5.91 Å². The van der Waals surface area contributed by atoms with E-state index in [1.54, 1.807) is 0 Å². The summed E-state index contributed by atoms with van der Waals surface area (Å²) in [5, 5.41) is 11.5. The van der Waals surface area contributed by atoms with Crippen molar-refractivity contribution in [2.24, 2.45) is 11.8 Å². The maximum absolute atomic E-state index is 11.9. The fourth-order valence-corrected chi connectivity index (χ4v) is 3.37. The van der Waals surface area contributed by atoms with Crippen molar-refractivity contribution in [3.63, 3.8) is 0 Å². The lowest BCUT2D eigenvalue weighted by Crippen LogP contribution is -2.31. The van der Waals surface area contributed by atoms with Gasteiger partial charge in [-0.1, -0.05) is 68.4 Å². The molecular weight excluding hydrogens is 334 g/mol. The number of carbonyl (C=O) groups excluding carboxylic acids is 1. The fourth-order valence-electron chi connectivity index (χ4n) is 3.37. The van der Waals surface area contributed by atoms with E-state index in [9.17, 15) is 4.79 Å². The quantitative estimate of drug-likeness (QED) is 0.312. The molecule has 0 aromatic heterocycles. The lowest BCUT2D eigenvalue weighted by atomic mass is 10.0. The molecule has 0 aromatic carbocycles. The van der Waals surface area contributed by atoms with Crippen molar-refractivity contribution in [1.29, 1.82) is 0 Å². The lowest BCUT2D eigenvalue weighted by molar-refractivity contribution is -0.125. The predicted octanol–water partition coefficient (Wildman–Crippen LogP) is 5.49. The van der Waals surface area contributed by atoms with Crippen LogP contribution in [0.25, 0.3) is 0 Å². The Morgan fingerprint density at radius 2 is 1.63 bits per heavy atom. The molecule has 152 valence electrons. The van der Waals surface area contributed by atoms with Gasteiger partial charge in [0.25, 0.3) is 0 Å². The van der Waals surface area contributed by atoms with Crippen LogP contribution in [0.5, 0.6) is 0 Å². The van der Waals surface area contributed by atoms with E-state index in [2.05, 4.69) is 60.8 Å². The van der Waals surface area contributed by atoms with Gasteiger partial charge in [-0.05, 0) is 57.3 Å². The monoisotopic (exact) mass is 373 g/mol. The van der Waals surface area contributed by atoms with E-state index < -0.39 is 0 Å². The van der Waals surface area contributed by atoms with Crippen LogP contribution in [0.4, 0.5) is 0 Å². The minimum Gasteiger partial charge on any atom is -0.395 e. The molecule has 0 bridgehead atoms. The molecule has 1 unspecified atom stereocenters. The lowest BCUT2D eigenvalue weighted by Gasteiger charge is -2.09. The van der Waals surface area contributed by atoms with E-state index in [-0.39, 0.29) is 18.4 Å². The first kappa shape index (κ1) is 23.4. The number of carbonyl (C=O) groups is 1. The summed E-state index contributed by atoms with van der Waals surface area (Å²) in [7, 11) is 0. The topological polar surface area (TPSA) is 49.3 Å². The summed E-state index contributed by atoms with van der Waals surface area (Å²) in [6.45, 7) is 2.62. The highest BCUT2D eigenvalue weighted by Gasteiger charge is 2.27. The third-order valence-corrected chi connectivity index (χ3v) is 4.95. The van der Waals surface area contributed by atoms with Crippen LogP contribution in [0.2, 0.25) is 0 Å². The molecule has 1 saturated carbocycles. The Hall–Kier alpha value is -1.61. The number of allylic oxidation sites excluding steroid dienone is 8. The van der Waals surface area contributed by atoms with Crippen LogP contribution >= 0.6 is 0 Å². The number of aliphatic hydroxyl groups excluding tert-OH is 1. The largest absolute Gasteiger partial charge is 0.395 e. The Morgan fingerprint density at radius 1 is 0.963 bits per heavy atom. The van der Waals surface area contributed by atoms with Crippen molar-refractivity contribution >= 4 is 5.91 Å². The maximum Gasteiger partial charge on any atom is 0.223 e. The highest BCUT2D eigenvalue weighted by atomic mass is 16.3. The number of hydrogen-bond acceptors (Lipinski definition) is 2. The average molecular weight is 374 g/mol. The molecule has 1 fully saturated rings. The van der Waals surface area contributed by atoms with Crippen LogP contribution in [0.1, 0.15) is 71.1 Å². The molecule has 0 aromatic rings. The molecule has 2 N–H and O–H groups in total. The normalized spacial score (nSPS) is 20.7. The zero-order valence-corrected chi connectivity index (χ0v) is 17.1. The molecule has 1 rings (SSSR count). The molecule has 3 nitrogen and oxygen atoms in total. The molecule has 2 atom stereocenters. The third kappa shape index (κ3) is 12.4. The van der Waals surface area contributed by atoms with E-state index in [4.69, 9.17) is 5.11 Å². The number of hydrogen-bond donors (Lipinski definition) is 2. The summed E-state index contributed by atoms with van der Waals surface area (Å²) in [6, 6.07) is 0. The summed E-state index contributed by atoms with van der Waals surface area (Å²) in [5.74, 6) is 0.738. The maximum atomic E-state index is 11.9. The number of unbranched alkanes of at least 4 members (excludes halogenated alkanes) is 3. The van der Waals surface area contributed by atoms with Crippen LogP contribution in [0.3, 0.4) is 0 Å². The Labute approximate surface area is 166 Å². The second kappa shape index (κ2) is 16.6. The first-order valence-corrected chi connectivity index (χ1v) is 10.8. The molecule has 27 heavy (non-hydrogen) atoms. The van der Waals surface area contributed by atoms with Crippen LogP contribution in [-0.4, -0.2) is 24.2 Å². The Kier molecular flexibility index (Phi) is 14.4. The second-order valence-corrected chi connectivity index (χ2v) is 7.33. The molecule has 1 amide bonds. The van der Waals surface area contributed by atoms with Crippen molar-refractivity contribution in [2.75, 3.05) is 13.2 Å². The zero-order valence-electron chi connectivity index (χ0n) is 17.1. The summed E-state index contributed by atoms with van der Waals surface area (Å²) in [4.78, 5) is 11.9. The van der Waals surface area contributed by atoms with Crippen LogP contribution in [0, 0.1) is 11.8 Å². The fraction of sp³-hybridized carbons (Fsp3) is 0.625. The van der Waals surface area contributed by atoms with Gasteiger partial charge in [0.1, 0.15) is 0 Å².